The van der Waals surface area contributed by atoms with Crippen LogP contribution in [0.4, 0.5) is 22.4 Å². The van der Waals surface area contributed by atoms with Crippen LogP contribution in [-0.2, 0) is 6.42 Å². The van der Waals surface area contributed by atoms with Crippen molar-refractivity contribution in [1.29, 1.82) is 0 Å². The van der Waals surface area contributed by atoms with Gasteiger partial charge in [0.1, 0.15) is 0 Å². The van der Waals surface area contributed by atoms with E-state index in [0.29, 0.717) is 51.1 Å². The standard InChI is InChI=1S/C16H21F4N3O/c17-13-3-2-12(10-14(13)18)4-5-21-16(24)23-7-1-6-22(8-9-23)11-15(19)20/h2-3,10,15H,1,4-9,11H2,(H,21,24). The van der Waals surface area contributed by atoms with Gasteiger partial charge in [-0.3, -0.25) is 4.90 Å². The maximum absolute atomic E-state index is 13.1. The van der Waals surface area contributed by atoms with Crippen LogP contribution in [-0.4, -0.2) is 61.5 Å². The summed E-state index contributed by atoms with van der Waals surface area (Å²) in [6, 6.07) is 3.37. The van der Waals surface area contributed by atoms with Crippen LogP contribution in [0, 0.1) is 11.6 Å². The number of nitrogens with one attached hydrogen (secondary N) is 1. The molecule has 1 aliphatic rings. The first kappa shape index (κ1) is 18.5. The SMILES string of the molecule is O=C(NCCc1ccc(F)c(F)c1)N1CCCN(CC(F)F)CC1. The number of urea groups is 1. The van der Waals surface area contributed by atoms with Crippen molar-refractivity contribution in [2.24, 2.45) is 0 Å². The zero-order chi connectivity index (χ0) is 17.5. The smallest absolute Gasteiger partial charge is 0.317 e. The van der Waals surface area contributed by atoms with Gasteiger partial charge in [0.15, 0.2) is 11.6 Å². The molecule has 0 aromatic heterocycles. The highest BCUT2D eigenvalue weighted by Crippen LogP contribution is 2.09. The van der Waals surface area contributed by atoms with Crippen LogP contribution in [0.25, 0.3) is 0 Å². The minimum absolute atomic E-state index is 0.267. The summed E-state index contributed by atoms with van der Waals surface area (Å²) >= 11 is 0. The van der Waals surface area contributed by atoms with E-state index in [1.54, 1.807) is 9.80 Å². The highest BCUT2D eigenvalue weighted by molar-refractivity contribution is 5.74. The predicted octanol–water partition coefficient (Wildman–Crippen LogP) is 2.49. The van der Waals surface area contributed by atoms with Crippen molar-refractivity contribution in [3.63, 3.8) is 0 Å². The molecule has 4 nitrogen and oxygen atoms in total. The molecule has 2 rings (SSSR count). The van der Waals surface area contributed by atoms with Crippen molar-refractivity contribution in [2.75, 3.05) is 39.3 Å². The van der Waals surface area contributed by atoms with Gasteiger partial charge >= 0.3 is 6.03 Å². The highest BCUT2D eigenvalue weighted by Gasteiger charge is 2.20. The molecule has 0 bridgehead atoms. The second-order valence-electron chi connectivity index (χ2n) is 5.76. The number of nitrogens with zero attached hydrogens (tertiary/aromatic N) is 2. The number of carbonyl (C=O) groups is 1. The Kier molecular flexibility index (Phi) is 6.84. The van der Waals surface area contributed by atoms with E-state index in [0.717, 1.165) is 12.1 Å². The van der Waals surface area contributed by atoms with Gasteiger partial charge in [-0.05, 0) is 30.5 Å². The van der Waals surface area contributed by atoms with Crippen LogP contribution < -0.4 is 5.32 Å². The van der Waals surface area contributed by atoms with Crippen molar-refractivity contribution < 1.29 is 22.4 Å². The van der Waals surface area contributed by atoms with E-state index in [1.807, 2.05) is 0 Å². The number of amides is 2. The minimum atomic E-state index is -2.37. The van der Waals surface area contributed by atoms with Gasteiger partial charge in [0.05, 0.1) is 6.54 Å². The van der Waals surface area contributed by atoms with E-state index in [-0.39, 0.29) is 12.6 Å². The molecule has 1 aromatic carbocycles. The van der Waals surface area contributed by atoms with E-state index in [2.05, 4.69) is 5.32 Å². The Bertz CT molecular complexity index is 556. The Morgan fingerprint density at radius 1 is 1.12 bits per heavy atom. The molecule has 0 saturated carbocycles. The Morgan fingerprint density at radius 3 is 2.62 bits per heavy atom. The maximum Gasteiger partial charge on any atom is 0.317 e. The number of hydrogen-bond donors (Lipinski definition) is 1. The molecule has 1 fully saturated rings. The molecule has 134 valence electrons. The third-order valence-corrected chi connectivity index (χ3v) is 3.95. The first-order valence-corrected chi connectivity index (χ1v) is 7.93. The Hall–Kier alpha value is -1.83. The van der Waals surface area contributed by atoms with Crippen molar-refractivity contribution in [3.8, 4) is 0 Å². The Balaban J connectivity index is 1.75. The van der Waals surface area contributed by atoms with E-state index in [1.165, 1.54) is 6.07 Å². The molecule has 2 amide bonds. The number of benzene rings is 1. The molecule has 1 heterocycles. The molecule has 24 heavy (non-hydrogen) atoms. The zero-order valence-corrected chi connectivity index (χ0v) is 13.3. The predicted molar refractivity (Wildman–Crippen MR) is 82.1 cm³/mol. The van der Waals surface area contributed by atoms with Gasteiger partial charge in [0, 0.05) is 32.7 Å². The summed E-state index contributed by atoms with van der Waals surface area (Å²) < 4.78 is 50.7. The third kappa shape index (κ3) is 5.67. The van der Waals surface area contributed by atoms with Gasteiger partial charge in [-0.1, -0.05) is 6.07 Å². The summed E-state index contributed by atoms with van der Waals surface area (Å²) in [5, 5.41) is 2.72. The second-order valence-corrected chi connectivity index (χ2v) is 5.76. The lowest BCUT2D eigenvalue weighted by Crippen LogP contribution is -2.43. The van der Waals surface area contributed by atoms with Gasteiger partial charge in [0.2, 0.25) is 0 Å². The number of alkyl halides is 2. The number of halogens is 4. The van der Waals surface area contributed by atoms with Crippen molar-refractivity contribution in [3.05, 3.63) is 35.4 Å². The molecule has 0 spiro atoms. The van der Waals surface area contributed by atoms with Crippen LogP contribution in [0.1, 0.15) is 12.0 Å². The lowest BCUT2D eigenvalue weighted by molar-refractivity contribution is 0.0904. The highest BCUT2D eigenvalue weighted by atomic mass is 19.3. The van der Waals surface area contributed by atoms with Crippen LogP contribution in [0.2, 0.25) is 0 Å². The monoisotopic (exact) mass is 347 g/mol. The van der Waals surface area contributed by atoms with Crippen LogP contribution in [0.5, 0.6) is 0 Å². The fourth-order valence-corrected chi connectivity index (χ4v) is 2.67. The topological polar surface area (TPSA) is 35.6 Å². The van der Waals surface area contributed by atoms with Gasteiger partial charge in [-0.25, -0.2) is 22.4 Å². The zero-order valence-electron chi connectivity index (χ0n) is 13.3. The largest absolute Gasteiger partial charge is 0.338 e. The first-order valence-electron chi connectivity index (χ1n) is 7.93. The summed E-state index contributed by atoms with van der Waals surface area (Å²) in [4.78, 5) is 15.4. The fraction of sp³-hybridized carbons (Fsp3) is 0.562. The molecule has 0 radical (unpaired) electrons. The van der Waals surface area contributed by atoms with Crippen molar-refractivity contribution in [2.45, 2.75) is 19.3 Å². The molecule has 8 heteroatoms. The molecular formula is C16H21F4N3O. The number of hydrogen-bond acceptors (Lipinski definition) is 2. The van der Waals surface area contributed by atoms with Gasteiger partial charge in [-0.2, -0.15) is 0 Å². The lowest BCUT2D eigenvalue weighted by atomic mass is 10.1. The molecule has 1 aliphatic heterocycles. The molecular weight excluding hydrogens is 326 g/mol. The van der Waals surface area contributed by atoms with Crippen molar-refractivity contribution in [1.82, 2.24) is 15.1 Å². The number of rotatable bonds is 5. The molecule has 1 aromatic rings. The molecule has 1 saturated heterocycles. The van der Waals surface area contributed by atoms with Crippen LogP contribution in [0.15, 0.2) is 18.2 Å². The molecule has 1 N–H and O–H groups in total. The van der Waals surface area contributed by atoms with Gasteiger partial charge < -0.3 is 10.2 Å². The Labute approximate surface area is 138 Å². The van der Waals surface area contributed by atoms with E-state index >= 15 is 0 Å². The third-order valence-electron chi connectivity index (χ3n) is 3.95. The minimum Gasteiger partial charge on any atom is -0.338 e. The molecule has 0 atom stereocenters. The molecule has 0 aliphatic carbocycles. The average molecular weight is 347 g/mol. The normalized spacial score (nSPS) is 16.3. The Morgan fingerprint density at radius 2 is 1.92 bits per heavy atom. The maximum atomic E-state index is 13.1. The van der Waals surface area contributed by atoms with E-state index in [9.17, 15) is 22.4 Å². The van der Waals surface area contributed by atoms with Crippen LogP contribution in [0.3, 0.4) is 0 Å². The average Bonchev–Trinajstić information content (AvgIpc) is 2.76. The van der Waals surface area contributed by atoms with E-state index in [4.69, 9.17) is 0 Å². The quantitative estimate of drug-likeness (QED) is 0.831. The summed E-state index contributed by atoms with van der Waals surface area (Å²) in [6.07, 6.45) is -1.35. The number of carbonyl (C=O) groups excluding carboxylic acids is 1. The summed E-state index contributed by atoms with van der Waals surface area (Å²) in [7, 11) is 0. The summed E-state index contributed by atoms with van der Waals surface area (Å²) in [6.45, 7) is 1.89. The first-order chi connectivity index (χ1) is 11.5. The van der Waals surface area contributed by atoms with E-state index < -0.39 is 18.1 Å². The van der Waals surface area contributed by atoms with Gasteiger partial charge in [0.25, 0.3) is 6.43 Å². The molecule has 0 unspecified atom stereocenters. The van der Waals surface area contributed by atoms with Gasteiger partial charge in [-0.15, -0.1) is 0 Å². The summed E-state index contributed by atoms with van der Waals surface area (Å²) in [5.41, 5.74) is 0.591. The van der Waals surface area contributed by atoms with Crippen LogP contribution >= 0.6 is 0 Å². The fourth-order valence-electron chi connectivity index (χ4n) is 2.67. The summed E-state index contributed by atoms with van der Waals surface area (Å²) in [5.74, 6) is -1.81. The lowest BCUT2D eigenvalue weighted by Gasteiger charge is -2.22. The van der Waals surface area contributed by atoms with Crippen molar-refractivity contribution >= 4 is 6.03 Å². The second kappa shape index (κ2) is 8.86.